The lowest BCUT2D eigenvalue weighted by molar-refractivity contribution is 0.0596. The summed E-state index contributed by atoms with van der Waals surface area (Å²) in [5, 5.41) is 30.2. The summed E-state index contributed by atoms with van der Waals surface area (Å²) in [5.74, 6) is 2.11. The topological polar surface area (TPSA) is 60.7 Å². The molecule has 0 spiro atoms. The zero-order valence-electron chi connectivity index (χ0n) is 19.7. The highest BCUT2D eigenvalue weighted by atomic mass is 16.3. The van der Waals surface area contributed by atoms with E-state index < -0.39 is 17.8 Å². The fourth-order valence-electron chi connectivity index (χ4n) is 6.74. The van der Waals surface area contributed by atoms with Gasteiger partial charge < -0.3 is 15.3 Å². The van der Waals surface area contributed by atoms with Crippen molar-refractivity contribution < 1.29 is 15.3 Å². The van der Waals surface area contributed by atoms with E-state index in [0.717, 1.165) is 29.9 Å². The van der Waals surface area contributed by atoms with Gasteiger partial charge in [0.15, 0.2) is 0 Å². The van der Waals surface area contributed by atoms with Crippen LogP contribution in [0.5, 0.6) is 0 Å². The quantitative estimate of drug-likeness (QED) is 0.520. The van der Waals surface area contributed by atoms with Crippen molar-refractivity contribution in [2.24, 2.45) is 23.2 Å². The second-order valence-corrected chi connectivity index (χ2v) is 11.3. The summed E-state index contributed by atoms with van der Waals surface area (Å²) in [6.45, 7) is 12.8. The van der Waals surface area contributed by atoms with Gasteiger partial charge in [-0.25, -0.2) is 0 Å². The first-order valence-corrected chi connectivity index (χ1v) is 12.2. The standard InChI is InChI=1S/C27H44O3/c1-18(8-6-14-26(3,4)30)23-12-13-24-20(9-7-15-27(23,24)5)10-11-21-16-22(28)17-25(29)19(21)2/h10-11,18,22-25,28-30H,2,6-9,12-17H2,1,3-5H3/t18?,22-,23+,24?,25?,27+/m0/s1. The number of aliphatic hydroxyl groups is 3. The van der Waals surface area contributed by atoms with E-state index in [4.69, 9.17) is 0 Å². The maximum atomic E-state index is 10.1. The molecule has 3 rings (SSSR count). The Morgan fingerprint density at radius 3 is 2.67 bits per heavy atom. The van der Waals surface area contributed by atoms with Gasteiger partial charge in [-0.1, -0.05) is 51.0 Å². The Balaban J connectivity index is 1.70. The van der Waals surface area contributed by atoms with E-state index in [-0.39, 0.29) is 0 Å². The molecule has 6 atom stereocenters. The Hall–Kier alpha value is -0.900. The minimum atomic E-state index is -0.615. The molecule has 0 heterocycles. The Morgan fingerprint density at radius 1 is 1.23 bits per heavy atom. The van der Waals surface area contributed by atoms with Crippen LogP contribution in [-0.2, 0) is 0 Å². The van der Waals surface area contributed by atoms with E-state index in [9.17, 15) is 15.3 Å². The lowest BCUT2D eigenvalue weighted by atomic mass is 9.60. The summed E-state index contributed by atoms with van der Waals surface area (Å²) >= 11 is 0. The highest BCUT2D eigenvalue weighted by Gasteiger charge is 2.50. The van der Waals surface area contributed by atoms with Gasteiger partial charge in [0.2, 0.25) is 0 Å². The maximum absolute atomic E-state index is 10.1. The van der Waals surface area contributed by atoms with Crippen LogP contribution in [0.2, 0.25) is 0 Å². The van der Waals surface area contributed by atoms with Gasteiger partial charge in [-0.2, -0.15) is 0 Å². The molecule has 3 unspecified atom stereocenters. The van der Waals surface area contributed by atoms with Gasteiger partial charge in [-0.05, 0) is 93.1 Å². The van der Waals surface area contributed by atoms with Crippen molar-refractivity contribution in [3.63, 3.8) is 0 Å². The van der Waals surface area contributed by atoms with Crippen LogP contribution in [0, 0.1) is 23.2 Å². The average Bonchev–Trinajstić information content (AvgIpc) is 3.00. The molecule has 30 heavy (non-hydrogen) atoms. The van der Waals surface area contributed by atoms with Crippen LogP contribution < -0.4 is 0 Å². The molecule has 0 bridgehead atoms. The van der Waals surface area contributed by atoms with Crippen LogP contribution in [-0.4, -0.2) is 33.1 Å². The molecule has 0 aromatic heterocycles. The van der Waals surface area contributed by atoms with E-state index in [2.05, 4.69) is 32.6 Å². The van der Waals surface area contributed by atoms with Gasteiger partial charge in [0.1, 0.15) is 0 Å². The summed E-state index contributed by atoms with van der Waals surface area (Å²) in [6, 6.07) is 0. The largest absolute Gasteiger partial charge is 0.393 e. The smallest absolute Gasteiger partial charge is 0.0811 e. The molecule has 3 aliphatic rings. The number of allylic oxidation sites excluding steroid dienone is 3. The van der Waals surface area contributed by atoms with E-state index in [0.29, 0.717) is 30.1 Å². The first-order valence-electron chi connectivity index (χ1n) is 12.2. The van der Waals surface area contributed by atoms with Crippen LogP contribution >= 0.6 is 0 Å². The lowest BCUT2D eigenvalue weighted by Crippen LogP contribution is -2.36. The summed E-state index contributed by atoms with van der Waals surface area (Å²) in [7, 11) is 0. The Morgan fingerprint density at radius 2 is 1.97 bits per heavy atom. The molecule has 3 nitrogen and oxygen atoms in total. The molecule has 0 radical (unpaired) electrons. The fourth-order valence-corrected chi connectivity index (χ4v) is 6.74. The van der Waals surface area contributed by atoms with Crippen molar-refractivity contribution in [3.8, 4) is 0 Å². The predicted octanol–water partition coefficient (Wildman–Crippen LogP) is 5.70. The van der Waals surface area contributed by atoms with Gasteiger partial charge in [-0.3, -0.25) is 0 Å². The molecule has 3 aliphatic carbocycles. The third-order valence-corrected chi connectivity index (χ3v) is 8.44. The average molecular weight is 417 g/mol. The van der Waals surface area contributed by atoms with Gasteiger partial charge in [-0.15, -0.1) is 0 Å². The van der Waals surface area contributed by atoms with E-state index in [1.54, 1.807) is 5.57 Å². The number of hydrogen-bond acceptors (Lipinski definition) is 3. The van der Waals surface area contributed by atoms with Crippen molar-refractivity contribution in [1.82, 2.24) is 0 Å². The van der Waals surface area contributed by atoms with Gasteiger partial charge in [0, 0.05) is 6.42 Å². The first kappa shape index (κ1) is 23.8. The van der Waals surface area contributed by atoms with Crippen molar-refractivity contribution in [1.29, 1.82) is 0 Å². The highest BCUT2D eigenvalue weighted by molar-refractivity contribution is 5.38. The summed E-state index contributed by atoms with van der Waals surface area (Å²) in [4.78, 5) is 0. The van der Waals surface area contributed by atoms with Crippen LogP contribution in [0.15, 0.2) is 35.5 Å². The maximum Gasteiger partial charge on any atom is 0.0811 e. The van der Waals surface area contributed by atoms with Crippen LogP contribution in [0.4, 0.5) is 0 Å². The van der Waals surface area contributed by atoms with Gasteiger partial charge in [0.05, 0.1) is 17.8 Å². The predicted molar refractivity (Wildman–Crippen MR) is 124 cm³/mol. The van der Waals surface area contributed by atoms with Crippen LogP contribution in [0.1, 0.15) is 91.9 Å². The number of hydrogen-bond donors (Lipinski definition) is 3. The molecule has 3 N–H and O–H groups in total. The molecule has 0 amide bonds. The highest BCUT2D eigenvalue weighted by Crippen LogP contribution is 2.60. The van der Waals surface area contributed by atoms with Crippen LogP contribution in [0.3, 0.4) is 0 Å². The summed E-state index contributed by atoms with van der Waals surface area (Å²) in [6.07, 6.45) is 13.9. The Labute approximate surface area is 184 Å². The van der Waals surface area contributed by atoms with Gasteiger partial charge in [0.25, 0.3) is 0 Å². The molecular weight excluding hydrogens is 372 g/mol. The molecule has 0 aromatic rings. The first-order chi connectivity index (χ1) is 14.0. The Bertz CT molecular complexity index is 683. The SMILES string of the molecule is C=C1C(=CC=C2CCC[C@@]3(C)C2CC[C@@H]3C(C)CCCC(C)(C)O)C[C@H](O)CC1O. The van der Waals surface area contributed by atoms with Crippen molar-refractivity contribution in [2.45, 2.75) is 110 Å². The zero-order chi connectivity index (χ0) is 22.1. The second kappa shape index (κ2) is 9.30. The van der Waals surface area contributed by atoms with Crippen molar-refractivity contribution in [2.75, 3.05) is 0 Å². The molecule has 0 aliphatic heterocycles. The van der Waals surface area contributed by atoms with Crippen LogP contribution in [0.25, 0.3) is 0 Å². The summed E-state index contributed by atoms with van der Waals surface area (Å²) in [5.41, 5.74) is 3.17. The second-order valence-electron chi connectivity index (χ2n) is 11.3. The van der Waals surface area contributed by atoms with E-state index >= 15 is 0 Å². The molecule has 3 fully saturated rings. The van der Waals surface area contributed by atoms with Crippen molar-refractivity contribution in [3.05, 3.63) is 35.5 Å². The molecular formula is C27H44O3. The zero-order valence-corrected chi connectivity index (χ0v) is 19.7. The minimum absolute atomic E-state index is 0.374. The van der Waals surface area contributed by atoms with Crippen molar-refractivity contribution >= 4 is 0 Å². The lowest BCUT2D eigenvalue weighted by Gasteiger charge is -2.44. The number of rotatable bonds is 6. The Kier molecular flexibility index (Phi) is 7.37. The fraction of sp³-hybridized carbons (Fsp3) is 0.778. The third-order valence-electron chi connectivity index (χ3n) is 8.44. The molecule has 0 aromatic carbocycles. The molecule has 0 saturated heterocycles. The minimum Gasteiger partial charge on any atom is -0.393 e. The molecule has 3 heteroatoms. The number of aliphatic hydroxyl groups excluding tert-OH is 2. The molecule has 3 saturated carbocycles. The third kappa shape index (κ3) is 5.29. The van der Waals surface area contributed by atoms with E-state index in [1.807, 2.05) is 13.8 Å². The normalized spacial score (nSPS) is 38.8. The van der Waals surface area contributed by atoms with E-state index in [1.165, 1.54) is 38.5 Å². The van der Waals surface area contributed by atoms with Gasteiger partial charge >= 0.3 is 0 Å². The number of fused-ring (bicyclic) bond motifs is 1. The molecule has 170 valence electrons. The monoisotopic (exact) mass is 416 g/mol. The summed E-state index contributed by atoms with van der Waals surface area (Å²) < 4.78 is 0.